The van der Waals surface area contributed by atoms with Crippen LogP contribution in [0.5, 0.6) is 0 Å². The van der Waals surface area contributed by atoms with Crippen LogP contribution in [0.4, 0.5) is 5.69 Å². The predicted molar refractivity (Wildman–Crippen MR) is 127 cm³/mol. The van der Waals surface area contributed by atoms with Crippen LogP contribution in [0.1, 0.15) is 11.1 Å². The first-order valence-corrected chi connectivity index (χ1v) is 11.8. The molecule has 0 fully saturated rings. The molecule has 1 aromatic heterocycles. The minimum Gasteiger partial charge on any atom is -0.280 e. The first-order valence-electron chi connectivity index (χ1n) is 9.45. The molecular formula is C22H17Cl2N5O2S. The molecule has 0 atom stereocenters. The molecule has 0 bridgehead atoms. The zero-order valence-electron chi connectivity index (χ0n) is 16.6. The number of benzene rings is 3. The van der Waals surface area contributed by atoms with Crippen molar-refractivity contribution < 1.29 is 8.42 Å². The summed E-state index contributed by atoms with van der Waals surface area (Å²) >= 11 is 11.9. The van der Waals surface area contributed by atoms with E-state index >= 15 is 0 Å². The summed E-state index contributed by atoms with van der Waals surface area (Å²) in [6.07, 6.45) is 1.47. The van der Waals surface area contributed by atoms with Gasteiger partial charge in [0.05, 0.1) is 12.0 Å². The van der Waals surface area contributed by atoms with Gasteiger partial charge in [0.15, 0.2) is 0 Å². The van der Waals surface area contributed by atoms with E-state index in [1.807, 2.05) is 18.2 Å². The van der Waals surface area contributed by atoms with Gasteiger partial charge in [0.2, 0.25) is 5.82 Å². The fourth-order valence-corrected chi connectivity index (χ4v) is 4.19. The van der Waals surface area contributed by atoms with Crippen molar-refractivity contribution in [2.45, 2.75) is 6.54 Å². The van der Waals surface area contributed by atoms with Gasteiger partial charge in [0.25, 0.3) is 10.0 Å². The molecule has 7 nitrogen and oxygen atoms in total. The maximum atomic E-state index is 12.5. The number of halogens is 2. The third-order valence-corrected chi connectivity index (χ3v) is 5.82. The first kappa shape index (κ1) is 22.0. The van der Waals surface area contributed by atoms with E-state index in [0.29, 0.717) is 39.2 Å². The summed E-state index contributed by atoms with van der Waals surface area (Å²) in [5, 5.41) is 14.8. The van der Waals surface area contributed by atoms with Gasteiger partial charge in [0, 0.05) is 21.3 Å². The van der Waals surface area contributed by atoms with Gasteiger partial charge < -0.3 is 0 Å². The highest BCUT2D eigenvalue weighted by Gasteiger charge is 2.10. The van der Waals surface area contributed by atoms with Crippen molar-refractivity contribution in [2.24, 2.45) is 0 Å². The summed E-state index contributed by atoms with van der Waals surface area (Å²) in [4.78, 5) is 1.45. The standard InChI is InChI=1S/C22H17Cl2N5O2S/c23-19-7-1-4-16(12-19)10-11-32(30,31)27-21-9-3-6-18(14-21)22-25-28-29(26-22)15-17-5-2-8-20(24)13-17/h1-14,27H,15H2. The van der Waals surface area contributed by atoms with Gasteiger partial charge in [-0.25, -0.2) is 8.42 Å². The summed E-state index contributed by atoms with van der Waals surface area (Å²) in [6, 6.07) is 21.1. The maximum Gasteiger partial charge on any atom is 0.255 e. The average Bonchev–Trinajstić information content (AvgIpc) is 3.21. The normalized spacial score (nSPS) is 11.7. The monoisotopic (exact) mass is 485 g/mol. The molecule has 4 aromatic rings. The van der Waals surface area contributed by atoms with Crippen LogP contribution in [0, 0.1) is 0 Å². The number of nitrogens with one attached hydrogen (secondary N) is 1. The van der Waals surface area contributed by atoms with Gasteiger partial charge in [-0.1, -0.05) is 59.6 Å². The molecule has 0 aliphatic heterocycles. The Balaban J connectivity index is 1.48. The summed E-state index contributed by atoms with van der Waals surface area (Å²) in [7, 11) is -3.73. The van der Waals surface area contributed by atoms with E-state index in [9.17, 15) is 8.42 Å². The largest absolute Gasteiger partial charge is 0.280 e. The van der Waals surface area contributed by atoms with Gasteiger partial charge in [-0.2, -0.15) is 4.80 Å². The number of hydrogen-bond acceptors (Lipinski definition) is 5. The number of tetrazole rings is 1. The lowest BCUT2D eigenvalue weighted by atomic mass is 10.2. The van der Waals surface area contributed by atoms with Gasteiger partial charge in [0.1, 0.15) is 0 Å². The molecule has 0 aliphatic carbocycles. The Morgan fingerprint density at radius 2 is 1.69 bits per heavy atom. The molecule has 0 saturated carbocycles. The van der Waals surface area contributed by atoms with Crippen molar-refractivity contribution in [2.75, 3.05) is 4.72 Å². The molecule has 3 aromatic carbocycles. The van der Waals surface area contributed by atoms with E-state index in [1.165, 1.54) is 10.9 Å². The highest BCUT2D eigenvalue weighted by Crippen LogP contribution is 2.21. The van der Waals surface area contributed by atoms with Crippen LogP contribution in [-0.2, 0) is 16.6 Å². The Hall–Kier alpha value is -3.20. The maximum absolute atomic E-state index is 12.5. The zero-order valence-corrected chi connectivity index (χ0v) is 18.9. The fourth-order valence-electron chi connectivity index (χ4n) is 2.92. The Labute approximate surface area is 195 Å². The third kappa shape index (κ3) is 5.94. The fraction of sp³-hybridized carbons (Fsp3) is 0.0455. The Kier molecular flexibility index (Phi) is 6.55. The van der Waals surface area contributed by atoms with Crippen molar-refractivity contribution in [3.63, 3.8) is 0 Å². The lowest BCUT2D eigenvalue weighted by molar-refractivity contribution is 0.573. The molecule has 10 heteroatoms. The molecule has 0 amide bonds. The number of nitrogens with zero attached hydrogens (tertiary/aromatic N) is 4. The Morgan fingerprint density at radius 1 is 0.938 bits per heavy atom. The molecule has 0 saturated heterocycles. The third-order valence-electron chi connectivity index (χ3n) is 4.34. The molecule has 162 valence electrons. The first-order chi connectivity index (χ1) is 15.4. The zero-order chi connectivity index (χ0) is 22.6. The molecular weight excluding hydrogens is 469 g/mol. The molecule has 0 unspecified atom stereocenters. The van der Waals surface area contributed by atoms with Crippen molar-refractivity contribution in [3.8, 4) is 11.4 Å². The molecule has 0 radical (unpaired) electrons. The minimum atomic E-state index is -3.73. The lowest BCUT2D eigenvalue weighted by Gasteiger charge is -2.05. The van der Waals surface area contributed by atoms with Crippen LogP contribution in [-0.4, -0.2) is 28.6 Å². The smallest absolute Gasteiger partial charge is 0.255 e. The van der Waals surface area contributed by atoms with E-state index in [0.717, 1.165) is 11.0 Å². The van der Waals surface area contributed by atoms with E-state index < -0.39 is 10.0 Å². The number of anilines is 1. The molecule has 1 heterocycles. The quantitative estimate of drug-likeness (QED) is 0.392. The molecule has 0 spiro atoms. The Morgan fingerprint density at radius 3 is 2.47 bits per heavy atom. The van der Waals surface area contributed by atoms with Gasteiger partial charge in [-0.05, 0) is 58.8 Å². The SMILES string of the molecule is O=S(=O)(C=Cc1cccc(Cl)c1)Nc1cccc(-c2nnn(Cc3cccc(Cl)c3)n2)c1. The van der Waals surface area contributed by atoms with Crippen molar-refractivity contribution in [1.82, 2.24) is 20.2 Å². The predicted octanol–water partition coefficient (Wildman–Crippen LogP) is 5.11. The number of sulfonamides is 1. The number of aromatic nitrogens is 4. The second kappa shape index (κ2) is 9.52. The highest BCUT2D eigenvalue weighted by atomic mass is 35.5. The molecule has 4 rings (SSSR count). The Bertz CT molecular complexity index is 1390. The average molecular weight is 486 g/mol. The van der Waals surface area contributed by atoms with Crippen LogP contribution in [0.15, 0.2) is 78.2 Å². The van der Waals surface area contributed by atoms with Gasteiger partial charge >= 0.3 is 0 Å². The van der Waals surface area contributed by atoms with E-state index in [-0.39, 0.29) is 0 Å². The van der Waals surface area contributed by atoms with E-state index in [4.69, 9.17) is 23.2 Å². The molecule has 1 N–H and O–H groups in total. The van der Waals surface area contributed by atoms with Crippen LogP contribution < -0.4 is 4.72 Å². The van der Waals surface area contributed by atoms with Gasteiger partial charge in [-0.15, -0.1) is 10.2 Å². The van der Waals surface area contributed by atoms with Crippen molar-refractivity contribution in [1.29, 1.82) is 0 Å². The van der Waals surface area contributed by atoms with Crippen molar-refractivity contribution >= 4 is 45.0 Å². The summed E-state index contributed by atoms with van der Waals surface area (Å²) in [6.45, 7) is 0.411. The van der Waals surface area contributed by atoms with Gasteiger partial charge in [-0.3, -0.25) is 4.72 Å². The van der Waals surface area contributed by atoms with E-state index in [2.05, 4.69) is 20.1 Å². The number of rotatable bonds is 7. The molecule has 0 aliphatic rings. The van der Waals surface area contributed by atoms with Crippen LogP contribution in [0.3, 0.4) is 0 Å². The molecule has 32 heavy (non-hydrogen) atoms. The van der Waals surface area contributed by atoms with E-state index in [1.54, 1.807) is 54.6 Å². The number of hydrogen-bond donors (Lipinski definition) is 1. The van der Waals surface area contributed by atoms with Crippen LogP contribution in [0.2, 0.25) is 10.0 Å². The van der Waals surface area contributed by atoms with Crippen LogP contribution >= 0.6 is 23.2 Å². The minimum absolute atomic E-state index is 0.377. The highest BCUT2D eigenvalue weighted by molar-refractivity contribution is 7.95. The van der Waals surface area contributed by atoms with Crippen LogP contribution in [0.25, 0.3) is 17.5 Å². The lowest BCUT2D eigenvalue weighted by Crippen LogP contribution is -2.08. The summed E-state index contributed by atoms with van der Waals surface area (Å²) in [5.41, 5.74) is 2.62. The summed E-state index contributed by atoms with van der Waals surface area (Å²) in [5.74, 6) is 0.377. The topological polar surface area (TPSA) is 89.8 Å². The summed E-state index contributed by atoms with van der Waals surface area (Å²) < 4.78 is 27.4. The van der Waals surface area contributed by atoms with Crippen molar-refractivity contribution in [3.05, 3.63) is 99.4 Å². The second-order valence-corrected chi connectivity index (χ2v) is 9.30. The second-order valence-electron chi connectivity index (χ2n) is 6.86.